The van der Waals surface area contributed by atoms with Crippen LogP contribution in [0.25, 0.3) is 10.8 Å². The first-order valence-electron chi connectivity index (χ1n) is 12.7. The molecule has 3 aromatic carbocycles. The van der Waals surface area contributed by atoms with Gasteiger partial charge >= 0.3 is 0 Å². The van der Waals surface area contributed by atoms with E-state index in [1.165, 1.54) is 0 Å². The van der Waals surface area contributed by atoms with Crippen LogP contribution in [0.3, 0.4) is 0 Å². The molecule has 1 aliphatic heterocycles. The fraction of sp³-hybridized carbons (Fsp3) is 0.367. The molecule has 188 valence electrons. The Morgan fingerprint density at radius 1 is 0.972 bits per heavy atom. The smallest absolute Gasteiger partial charge is 0.258 e. The molecule has 1 N–H and O–H groups in total. The molecule has 0 saturated heterocycles. The van der Waals surface area contributed by atoms with E-state index in [9.17, 15) is 14.4 Å². The highest BCUT2D eigenvalue weighted by Gasteiger charge is 2.32. The van der Waals surface area contributed by atoms with Crippen LogP contribution in [0.15, 0.2) is 66.7 Å². The standard InChI is InChI=1S/C30H35N3O3/c1-5-24(28(35)31-30(2,3)4)33(20-21-12-7-6-8-13-21)26(34)18-11-19-32-25-17-10-15-22-14-9-16-23(27(22)25)29(32)36/h6-10,12-17,24H,5,11,18-20H2,1-4H3,(H,31,35)/t24-/m1/s1. The number of amides is 3. The quantitative estimate of drug-likeness (QED) is 0.447. The van der Waals surface area contributed by atoms with Gasteiger partial charge < -0.3 is 15.1 Å². The van der Waals surface area contributed by atoms with Crippen molar-refractivity contribution in [2.75, 3.05) is 11.4 Å². The largest absolute Gasteiger partial charge is 0.350 e. The maximum absolute atomic E-state index is 13.5. The molecule has 0 fully saturated rings. The third-order valence-electron chi connectivity index (χ3n) is 6.50. The highest BCUT2D eigenvalue weighted by Crippen LogP contribution is 2.37. The Morgan fingerprint density at radius 3 is 2.33 bits per heavy atom. The second-order valence-electron chi connectivity index (χ2n) is 10.4. The van der Waals surface area contributed by atoms with Gasteiger partial charge in [0.25, 0.3) is 5.91 Å². The van der Waals surface area contributed by atoms with Crippen molar-refractivity contribution in [2.45, 2.75) is 65.1 Å². The molecule has 0 bridgehead atoms. The third kappa shape index (κ3) is 5.43. The molecule has 36 heavy (non-hydrogen) atoms. The number of hydrogen-bond acceptors (Lipinski definition) is 3. The van der Waals surface area contributed by atoms with Crippen molar-refractivity contribution in [1.29, 1.82) is 0 Å². The minimum absolute atomic E-state index is 0.0219. The molecular formula is C30H35N3O3. The average molecular weight is 486 g/mol. The normalized spacial score (nSPS) is 13.7. The Hall–Kier alpha value is -3.67. The van der Waals surface area contributed by atoms with Gasteiger partial charge in [0.1, 0.15) is 6.04 Å². The van der Waals surface area contributed by atoms with Gasteiger partial charge in [0.2, 0.25) is 11.8 Å². The zero-order valence-electron chi connectivity index (χ0n) is 21.6. The molecule has 0 aromatic heterocycles. The zero-order chi connectivity index (χ0) is 25.9. The summed E-state index contributed by atoms with van der Waals surface area (Å²) in [5.74, 6) is -0.255. The highest BCUT2D eigenvalue weighted by atomic mass is 16.2. The van der Waals surface area contributed by atoms with E-state index in [4.69, 9.17) is 0 Å². The maximum atomic E-state index is 13.5. The average Bonchev–Trinajstić information content (AvgIpc) is 3.11. The molecule has 0 radical (unpaired) electrons. The summed E-state index contributed by atoms with van der Waals surface area (Å²) in [6, 6.07) is 20.9. The number of hydrogen-bond donors (Lipinski definition) is 1. The zero-order valence-corrected chi connectivity index (χ0v) is 21.6. The Bertz CT molecular complexity index is 1260. The van der Waals surface area contributed by atoms with Gasteiger partial charge in [0.15, 0.2) is 0 Å². The summed E-state index contributed by atoms with van der Waals surface area (Å²) in [7, 11) is 0. The lowest BCUT2D eigenvalue weighted by atomic mass is 10.0. The van der Waals surface area contributed by atoms with E-state index in [0.717, 1.165) is 22.0 Å². The van der Waals surface area contributed by atoms with Gasteiger partial charge in [-0.3, -0.25) is 14.4 Å². The van der Waals surface area contributed by atoms with E-state index >= 15 is 0 Å². The Balaban J connectivity index is 1.48. The Kier molecular flexibility index (Phi) is 7.43. The Labute approximate surface area is 213 Å². The summed E-state index contributed by atoms with van der Waals surface area (Å²) >= 11 is 0. The molecule has 3 amide bonds. The number of carbonyl (C=O) groups excluding carboxylic acids is 3. The first-order chi connectivity index (χ1) is 17.2. The highest BCUT2D eigenvalue weighted by molar-refractivity contribution is 6.25. The van der Waals surface area contributed by atoms with Crippen LogP contribution in [0.1, 0.15) is 62.9 Å². The Morgan fingerprint density at radius 2 is 1.67 bits per heavy atom. The summed E-state index contributed by atoms with van der Waals surface area (Å²) in [5.41, 5.74) is 2.20. The second kappa shape index (κ2) is 10.5. The van der Waals surface area contributed by atoms with Gasteiger partial charge in [-0.1, -0.05) is 61.5 Å². The van der Waals surface area contributed by atoms with Crippen molar-refractivity contribution in [3.05, 3.63) is 77.9 Å². The molecule has 0 saturated carbocycles. The minimum Gasteiger partial charge on any atom is -0.350 e. The van der Waals surface area contributed by atoms with Crippen LogP contribution in [0, 0.1) is 0 Å². The van der Waals surface area contributed by atoms with Crippen LogP contribution in [-0.2, 0) is 16.1 Å². The summed E-state index contributed by atoms with van der Waals surface area (Å²) in [6.07, 6.45) is 1.28. The van der Waals surface area contributed by atoms with Crippen molar-refractivity contribution in [1.82, 2.24) is 10.2 Å². The molecule has 0 aliphatic carbocycles. The first-order valence-corrected chi connectivity index (χ1v) is 12.7. The second-order valence-corrected chi connectivity index (χ2v) is 10.4. The van der Waals surface area contributed by atoms with E-state index in [0.29, 0.717) is 31.5 Å². The van der Waals surface area contributed by atoms with Crippen LogP contribution in [0.4, 0.5) is 5.69 Å². The number of rotatable bonds is 9. The van der Waals surface area contributed by atoms with Crippen LogP contribution in [0.2, 0.25) is 0 Å². The van der Waals surface area contributed by atoms with E-state index in [1.54, 1.807) is 9.80 Å². The van der Waals surface area contributed by atoms with Gasteiger partial charge in [0, 0.05) is 36.0 Å². The van der Waals surface area contributed by atoms with Crippen molar-refractivity contribution in [3.8, 4) is 0 Å². The fourth-order valence-corrected chi connectivity index (χ4v) is 4.89. The number of carbonyl (C=O) groups is 3. The molecule has 0 spiro atoms. The molecule has 1 heterocycles. The number of anilines is 1. The van der Waals surface area contributed by atoms with Gasteiger partial charge in [-0.15, -0.1) is 0 Å². The van der Waals surface area contributed by atoms with Gasteiger partial charge in [0.05, 0.1) is 5.69 Å². The lowest BCUT2D eigenvalue weighted by molar-refractivity contribution is -0.142. The van der Waals surface area contributed by atoms with Crippen LogP contribution >= 0.6 is 0 Å². The van der Waals surface area contributed by atoms with Crippen LogP contribution in [0.5, 0.6) is 0 Å². The summed E-state index contributed by atoms with van der Waals surface area (Å²) < 4.78 is 0. The van der Waals surface area contributed by atoms with E-state index in [-0.39, 0.29) is 24.1 Å². The molecular weight excluding hydrogens is 450 g/mol. The van der Waals surface area contributed by atoms with E-state index in [2.05, 4.69) is 5.32 Å². The van der Waals surface area contributed by atoms with Crippen molar-refractivity contribution in [3.63, 3.8) is 0 Å². The molecule has 3 aromatic rings. The predicted molar refractivity (Wildman–Crippen MR) is 144 cm³/mol. The summed E-state index contributed by atoms with van der Waals surface area (Å²) in [4.78, 5) is 43.2. The number of nitrogens with zero attached hydrogens (tertiary/aromatic N) is 2. The number of benzene rings is 3. The maximum Gasteiger partial charge on any atom is 0.258 e. The van der Waals surface area contributed by atoms with Gasteiger partial charge in [-0.25, -0.2) is 0 Å². The van der Waals surface area contributed by atoms with Crippen LogP contribution in [-0.4, -0.2) is 40.7 Å². The topological polar surface area (TPSA) is 69.7 Å². The molecule has 6 heteroatoms. The van der Waals surface area contributed by atoms with Crippen molar-refractivity contribution >= 4 is 34.2 Å². The van der Waals surface area contributed by atoms with E-state index in [1.807, 2.05) is 94.4 Å². The summed E-state index contributed by atoms with van der Waals surface area (Å²) in [6.45, 7) is 8.55. The van der Waals surface area contributed by atoms with Crippen molar-refractivity contribution in [2.24, 2.45) is 0 Å². The molecule has 1 aliphatic rings. The lowest BCUT2D eigenvalue weighted by Gasteiger charge is -2.33. The number of nitrogens with one attached hydrogen (secondary N) is 1. The van der Waals surface area contributed by atoms with E-state index < -0.39 is 11.6 Å². The molecule has 0 unspecified atom stereocenters. The third-order valence-corrected chi connectivity index (χ3v) is 6.50. The predicted octanol–water partition coefficient (Wildman–Crippen LogP) is 5.30. The monoisotopic (exact) mass is 485 g/mol. The minimum atomic E-state index is -0.566. The van der Waals surface area contributed by atoms with Crippen molar-refractivity contribution < 1.29 is 14.4 Å². The molecule has 1 atom stereocenters. The lowest BCUT2D eigenvalue weighted by Crippen LogP contribution is -2.53. The van der Waals surface area contributed by atoms with Gasteiger partial charge in [-0.2, -0.15) is 0 Å². The molecule has 6 nitrogen and oxygen atoms in total. The summed E-state index contributed by atoms with van der Waals surface area (Å²) in [5, 5.41) is 5.06. The van der Waals surface area contributed by atoms with Gasteiger partial charge in [-0.05, 0) is 56.7 Å². The van der Waals surface area contributed by atoms with Crippen LogP contribution < -0.4 is 10.2 Å². The SMILES string of the molecule is CC[C@H](C(=O)NC(C)(C)C)N(Cc1ccccc1)C(=O)CCCN1C(=O)c2cccc3cccc1c23. The first kappa shape index (κ1) is 25.4. The fourth-order valence-electron chi connectivity index (χ4n) is 4.89. The molecule has 4 rings (SSSR count).